The molecule has 1 unspecified atom stereocenters. The minimum atomic E-state index is -0.711. The van der Waals surface area contributed by atoms with Crippen LogP contribution in [0.3, 0.4) is 0 Å². The quantitative estimate of drug-likeness (QED) is 0.628. The Kier molecular flexibility index (Phi) is 3.42. The fourth-order valence-electron chi connectivity index (χ4n) is 2.13. The Hall–Kier alpha value is -1.84. The van der Waals surface area contributed by atoms with Crippen molar-refractivity contribution in [2.75, 3.05) is 13.2 Å². The van der Waals surface area contributed by atoms with Crippen molar-refractivity contribution in [1.29, 1.82) is 0 Å². The number of nitrogens with one attached hydrogen (secondary N) is 1. The minimum Gasteiger partial charge on any atom is -0.465 e. The highest BCUT2D eigenvalue weighted by molar-refractivity contribution is 6.00. The summed E-state index contributed by atoms with van der Waals surface area (Å²) in [5.74, 6) is -1.51. The number of rotatable bonds is 3. The van der Waals surface area contributed by atoms with Crippen molar-refractivity contribution < 1.29 is 14.3 Å². The zero-order valence-electron chi connectivity index (χ0n) is 9.68. The second-order valence-electron chi connectivity index (χ2n) is 3.99. The maximum absolute atomic E-state index is 11.8. The first-order chi connectivity index (χ1) is 8.24. The molecule has 0 spiro atoms. The standard InChI is InChI=1S/C13H15NO3/c1-2-17-13(16)11-10(8-14-12(11)15)9-6-4-3-5-7-9/h3-7,10-11H,2,8H2,1H3,(H,14,15)/t10?,11-/m1/s1. The van der Waals surface area contributed by atoms with Crippen LogP contribution in [-0.2, 0) is 14.3 Å². The summed E-state index contributed by atoms with van der Waals surface area (Å²) >= 11 is 0. The molecule has 2 atom stereocenters. The van der Waals surface area contributed by atoms with Crippen molar-refractivity contribution in [3.05, 3.63) is 35.9 Å². The first-order valence-electron chi connectivity index (χ1n) is 5.73. The molecular formula is C13H15NO3. The smallest absolute Gasteiger partial charge is 0.319 e. The summed E-state index contributed by atoms with van der Waals surface area (Å²) < 4.78 is 4.95. The van der Waals surface area contributed by atoms with Gasteiger partial charge in [0.25, 0.3) is 0 Å². The summed E-state index contributed by atoms with van der Waals surface area (Å²) in [5.41, 5.74) is 0.990. The molecule has 17 heavy (non-hydrogen) atoms. The lowest BCUT2D eigenvalue weighted by Gasteiger charge is -2.15. The molecule has 4 heteroatoms. The largest absolute Gasteiger partial charge is 0.465 e. The molecule has 1 N–H and O–H groups in total. The third-order valence-corrected chi connectivity index (χ3v) is 2.95. The average Bonchev–Trinajstić information content (AvgIpc) is 2.73. The molecule has 1 aromatic rings. The molecule has 1 aliphatic rings. The van der Waals surface area contributed by atoms with Gasteiger partial charge in [-0.05, 0) is 12.5 Å². The number of carbonyl (C=O) groups excluding carboxylic acids is 2. The van der Waals surface area contributed by atoms with Crippen LogP contribution in [-0.4, -0.2) is 25.0 Å². The van der Waals surface area contributed by atoms with E-state index in [9.17, 15) is 9.59 Å². The molecule has 0 bridgehead atoms. The summed E-state index contributed by atoms with van der Waals surface area (Å²) in [7, 11) is 0. The van der Waals surface area contributed by atoms with Gasteiger partial charge in [-0.25, -0.2) is 0 Å². The number of carbonyl (C=O) groups is 2. The number of esters is 1. The lowest BCUT2D eigenvalue weighted by Crippen LogP contribution is -2.28. The van der Waals surface area contributed by atoms with E-state index in [1.807, 2.05) is 30.3 Å². The van der Waals surface area contributed by atoms with Crippen LogP contribution in [0.5, 0.6) is 0 Å². The van der Waals surface area contributed by atoms with Crippen LogP contribution in [0.25, 0.3) is 0 Å². The SMILES string of the molecule is CCOC(=O)[C@H]1C(=O)NCC1c1ccccc1. The molecule has 90 valence electrons. The number of amides is 1. The van der Waals surface area contributed by atoms with E-state index in [1.54, 1.807) is 6.92 Å². The Morgan fingerprint density at radius 1 is 1.41 bits per heavy atom. The van der Waals surface area contributed by atoms with Gasteiger partial charge in [-0.3, -0.25) is 9.59 Å². The van der Waals surface area contributed by atoms with Gasteiger partial charge in [0.2, 0.25) is 5.91 Å². The fourth-order valence-corrected chi connectivity index (χ4v) is 2.13. The van der Waals surface area contributed by atoms with Gasteiger partial charge < -0.3 is 10.1 Å². The van der Waals surface area contributed by atoms with Crippen LogP contribution in [0, 0.1) is 5.92 Å². The summed E-state index contributed by atoms with van der Waals surface area (Å²) in [6.45, 7) is 2.53. The van der Waals surface area contributed by atoms with Gasteiger partial charge in [0.15, 0.2) is 0 Å². The van der Waals surface area contributed by atoms with Crippen LogP contribution in [0.1, 0.15) is 18.4 Å². The Balaban J connectivity index is 2.22. The third-order valence-electron chi connectivity index (χ3n) is 2.95. The summed E-state index contributed by atoms with van der Waals surface area (Å²) in [5, 5.41) is 2.72. The van der Waals surface area contributed by atoms with Gasteiger partial charge in [0, 0.05) is 12.5 Å². The number of benzene rings is 1. The van der Waals surface area contributed by atoms with Crippen molar-refractivity contribution in [3.63, 3.8) is 0 Å². The third kappa shape index (κ3) is 2.30. The molecule has 1 amide bonds. The van der Waals surface area contributed by atoms with Gasteiger partial charge in [-0.1, -0.05) is 30.3 Å². The van der Waals surface area contributed by atoms with Crippen LogP contribution >= 0.6 is 0 Å². The molecule has 1 aromatic carbocycles. The number of hydrogen-bond donors (Lipinski definition) is 1. The molecule has 1 saturated heterocycles. The first kappa shape index (κ1) is 11.6. The Bertz CT molecular complexity index is 416. The monoisotopic (exact) mass is 233 g/mol. The number of ether oxygens (including phenoxy) is 1. The molecule has 0 aromatic heterocycles. The van der Waals surface area contributed by atoms with E-state index in [0.29, 0.717) is 13.2 Å². The number of hydrogen-bond acceptors (Lipinski definition) is 3. The van der Waals surface area contributed by atoms with Gasteiger partial charge in [0.1, 0.15) is 5.92 Å². The lowest BCUT2D eigenvalue weighted by molar-refractivity contribution is -0.151. The zero-order valence-corrected chi connectivity index (χ0v) is 9.68. The predicted octanol–water partition coefficient (Wildman–Crippen LogP) is 1.08. The van der Waals surface area contributed by atoms with E-state index >= 15 is 0 Å². The van der Waals surface area contributed by atoms with Crippen molar-refractivity contribution in [3.8, 4) is 0 Å². The molecule has 0 aliphatic carbocycles. The van der Waals surface area contributed by atoms with Gasteiger partial charge >= 0.3 is 5.97 Å². The molecular weight excluding hydrogens is 218 g/mol. The van der Waals surface area contributed by atoms with Crippen molar-refractivity contribution in [1.82, 2.24) is 5.32 Å². The molecule has 0 saturated carbocycles. The fraction of sp³-hybridized carbons (Fsp3) is 0.385. The van der Waals surface area contributed by atoms with Gasteiger partial charge in [-0.15, -0.1) is 0 Å². The minimum absolute atomic E-state index is 0.122. The van der Waals surface area contributed by atoms with Gasteiger partial charge in [-0.2, -0.15) is 0 Å². The Morgan fingerprint density at radius 2 is 2.12 bits per heavy atom. The van der Waals surface area contributed by atoms with Crippen LogP contribution in [0.2, 0.25) is 0 Å². The average molecular weight is 233 g/mol. The maximum atomic E-state index is 11.8. The zero-order chi connectivity index (χ0) is 12.3. The predicted molar refractivity (Wildman–Crippen MR) is 62.3 cm³/mol. The Labute approximate surface area is 100.0 Å². The second kappa shape index (κ2) is 4.99. The highest BCUT2D eigenvalue weighted by atomic mass is 16.5. The highest BCUT2D eigenvalue weighted by Crippen LogP contribution is 2.29. The summed E-state index contributed by atoms with van der Waals surface area (Å²) in [4.78, 5) is 23.4. The van der Waals surface area contributed by atoms with Crippen molar-refractivity contribution in [2.24, 2.45) is 5.92 Å². The van der Waals surface area contributed by atoms with Crippen molar-refractivity contribution >= 4 is 11.9 Å². The van der Waals surface area contributed by atoms with E-state index in [1.165, 1.54) is 0 Å². The maximum Gasteiger partial charge on any atom is 0.319 e. The van der Waals surface area contributed by atoms with Crippen LogP contribution < -0.4 is 5.32 Å². The van der Waals surface area contributed by atoms with E-state index < -0.39 is 11.9 Å². The molecule has 4 nitrogen and oxygen atoms in total. The summed E-state index contributed by atoms with van der Waals surface area (Å²) in [6, 6.07) is 9.57. The second-order valence-corrected chi connectivity index (χ2v) is 3.99. The van der Waals surface area contributed by atoms with Crippen LogP contribution in [0.4, 0.5) is 0 Å². The highest BCUT2D eigenvalue weighted by Gasteiger charge is 2.41. The molecule has 0 radical (unpaired) electrons. The van der Waals surface area contributed by atoms with E-state index in [2.05, 4.69) is 5.32 Å². The van der Waals surface area contributed by atoms with E-state index in [0.717, 1.165) is 5.56 Å². The van der Waals surface area contributed by atoms with E-state index in [4.69, 9.17) is 4.74 Å². The van der Waals surface area contributed by atoms with Crippen LogP contribution in [0.15, 0.2) is 30.3 Å². The lowest BCUT2D eigenvalue weighted by atomic mass is 9.89. The normalized spacial score (nSPS) is 23.2. The van der Waals surface area contributed by atoms with Gasteiger partial charge in [0.05, 0.1) is 6.61 Å². The molecule has 1 fully saturated rings. The topological polar surface area (TPSA) is 55.4 Å². The first-order valence-corrected chi connectivity index (χ1v) is 5.73. The Morgan fingerprint density at radius 3 is 2.76 bits per heavy atom. The van der Waals surface area contributed by atoms with Crippen molar-refractivity contribution in [2.45, 2.75) is 12.8 Å². The molecule has 2 rings (SSSR count). The molecule has 1 heterocycles. The molecule has 1 aliphatic heterocycles. The van der Waals surface area contributed by atoms with E-state index in [-0.39, 0.29) is 11.8 Å². The summed E-state index contributed by atoms with van der Waals surface area (Å²) in [6.07, 6.45) is 0.